The standard InChI is InChI=1S/C11H15NO.CH4/c1-8-3-5-10(6-4-8)9(2)7-11(12)13;/h3-6,9H,7H2,1-2H3,(H2,12,13);1H4/t9-;/m0./s1. The molecule has 0 bridgehead atoms. The predicted octanol–water partition coefficient (Wildman–Crippen LogP) is 2.61. The van der Waals surface area contributed by atoms with Crippen LogP contribution in [0.4, 0.5) is 0 Å². The maximum Gasteiger partial charge on any atom is 0.218 e. The lowest BCUT2D eigenvalue weighted by molar-refractivity contribution is -0.118. The average Bonchev–Trinajstić information content (AvgIpc) is 2.04. The van der Waals surface area contributed by atoms with E-state index in [4.69, 9.17) is 5.73 Å². The Balaban J connectivity index is 0.00000169. The fourth-order valence-electron chi connectivity index (χ4n) is 1.31. The summed E-state index contributed by atoms with van der Waals surface area (Å²) in [5.41, 5.74) is 7.52. The molecular weight excluding hydrogens is 174 g/mol. The van der Waals surface area contributed by atoms with E-state index in [0.717, 1.165) is 0 Å². The van der Waals surface area contributed by atoms with Gasteiger partial charge in [0.1, 0.15) is 0 Å². The Labute approximate surface area is 86.1 Å². The molecule has 0 saturated carbocycles. The molecule has 0 aliphatic heterocycles. The van der Waals surface area contributed by atoms with E-state index in [2.05, 4.69) is 0 Å². The molecule has 0 aliphatic rings. The number of benzene rings is 1. The van der Waals surface area contributed by atoms with Crippen molar-refractivity contribution < 1.29 is 4.79 Å². The first kappa shape index (κ1) is 12.7. The van der Waals surface area contributed by atoms with Crippen LogP contribution in [0.1, 0.15) is 37.8 Å². The van der Waals surface area contributed by atoms with Crippen molar-refractivity contribution in [2.24, 2.45) is 5.73 Å². The quantitative estimate of drug-likeness (QED) is 0.787. The van der Waals surface area contributed by atoms with Crippen LogP contribution >= 0.6 is 0 Å². The zero-order chi connectivity index (χ0) is 9.84. The summed E-state index contributed by atoms with van der Waals surface area (Å²) in [6.45, 7) is 4.05. The summed E-state index contributed by atoms with van der Waals surface area (Å²) in [7, 11) is 0. The fraction of sp³-hybridized carbons (Fsp3) is 0.417. The molecule has 0 aliphatic carbocycles. The molecule has 0 saturated heterocycles. The largest absolute Gasteiger partial charge is 0.370 e. The van der Waals surface area contributed by atoms with Crippen molar-refractivity contribution in [2.75, 3.05) is 0 Å². The first-order valence-electron chi connectivity index (χ1n) is 4.44. The Hall–Kier alpha value is -1.31. The van der Waals surface area contributed by atoms with Gasteiger partial charge in [0.15, 0.2) is 0 Å². The van der Waals surface area contributed by atoms with Crippen LogP contribution in [0.25, 0.3) is 0 Å². The second-order valence-electron chi connectivity index (χ2n) is 3.48. The van der Waals surface area contributed by atoms with Gasteiger partial charge >= 0.3 is 0 Å². The van der Waals surface area contributed by atoms with Crippen LogP contribution in [-0.4, -0.2) is 5.91 Å². The van der Waals surface area contributed by atoms with Crippen LogP contribution in [0.2, 0.25) is 0 Å². The molecule has 0 fully saturated rings. The number of carbonyl (C=O) groups is 1. The van der Waals surface area contributed by atoms with Crippen LogP contribution in [-0.2, 0) is 4.79 Å². The van der Waals surface area contributed by atoms with Crippen LogP contribution in [0.3, 0.4) is 0 Å². The summed E-state index contributed by atoms with van der Waals surface area (Å²) in [6, 6.07) is 8.19. The van der Waals surface area contributed by atoms with E-state index in [1.165, 1.54) is 11.1 Å². The second kappa shape index (κ2) is 5.43. The van der Waals surface area contributed by atoms with E-state index < -0.39 is 0 Å². The molecule has 2 nitrogen and oxygen atoms in total. The Morgan fingerprint density at radius 1 is 1.36 bits per heavy atom. The van der Waals surface area contributed by atoms with Crippen molar-refractivity contribution in [2.45, 2.75) is 33.6 Å². The summed E-state index contributed by atoms with van der Waals surface area (Å²) < 4.78 is 0. The lowest BCUT2D eigenvalue weighted by Crippen LogP contribution is -2.13. The number of amides is 1. The molecule has 2 heteroatoms. The zero-order valence-corrected chi connectivity index (χ0v) is 8.08. The minimum Gasteiger partial charge on any atom is -0.370 e. The molecule has 1 aromatic carbocycles. The van der Waals surface area contributed by atoms with Gasteiger partial charge < -0.3 is 5.73 Å². The third-order valence-corrected chi connectivity index (χ3v) is 2.15. The van der Waals surface area contributed by atoms with Gasteiger partial charge in [0.25, 0.3) is 0 Å². The summed E-state index contributed by atoms with van der Waals surface area (Å²) >= 11 is 0. The van der Waals surface area contributed by atoms with E-state index in [0.29, 0.717) is 6.42 Å². The number of carbonyl (C=O) groups excluding carboxylic acids is 1. The molecule has 1 aromatic rings. The van der Waals surface area contributed by atoms with Gasteiger partial charge in [0.2, 0.25) is 5.91 Å². The number of aryl methyl sites for hydroxylation is 1. The van der Waals surface area contributed by atoms with E-state index in [-0.39, 0.29) is 19.3 Å². The third-order valence-electron chi connectivity index (χ3n) is 2.15. The molecule has 0 unspecified atom stereocenters. The van der Waals surface area contributed by atoms with Crippen molar-refractivity contribution >= 4 is 5.91 Å². The minimum atomic E-state index is -0.243. The maximum atomic E-state index is 10.7. The van der Waals surface area contributed by atoms with Gasteiger partial charge in [-0.3, -0.25) is 4.79 Å². The van der Waals surface area contributed by atoms with Gasteiger partial charge in [-0.25, -0.2) is 0 Å². The molecule has 0 spiro atoms. The molecule has 0 aromatic heterocycles. The van der Waals surface area contributed by atoms with Crippen LogP contribution < -0.4 is 5.73 Å². The van der Waals surface area contributed by atoms with Gasteiger partial charge in [-0.15, -0.1) is 0 Å². The average molecular weight is 193 g/mol. The molecule has 2 N–H and O–H groups in total. The number of nitrogens with two attached hydrogens (primary N) is 1. The highest BCUT2D eigenvalue weighted by Gasteiger charge is 2.07. The molecule has 1 amide bonds. The number of hydrogen-bond donors (Lipinski definition) is 1. The highest BCUT2D eigenvalue weighted by Crippen LogP contribution is 2.18. The SMILES string of the molecule is C.Cc1ccc([C@@H](C)CC(N)=O)cc1. The van der Waals surface area contributed by atoms with Crippen molar-refractivity contribution in [1.29, 1.82) is 0 Å². The minimum absolute atomic E-state index is 0. The Morgan fingerprint density at radius 2 is 1.86 bits per heavy atom. The van der Waals surface area contributed by atoms with Gasteiger partial charge in [0.05, 0.1) is 0 Å². The fourth-order valence-corrected chi connectivity index (χ4v) is 1.31. The van der Waals surface area contributed by atoms with Gasteiger partial charge in [0, 0.05) is 6.42 Å². The number of rotatable bonds is 3. The normalized spacial score (nSPS) is 11.6. The highest BCUT2D eigenvalue weighted by molar-refractivity contribution is 5.74. The summed E-state index contributed by atoms with van der Waals surface area (Å²) in [6.07, 6.45) is 0.420. The second-order valence-corrected chi connectivity index (χ2v) is 3.48. The highest BCUT2D eigenvalue weighted by atomic mass is 16.1. The third kappa shape index (κ3) is 3.60. The topological polar surface area (TPSA) is 43.1 Å². The molecule has 78 valence electrons. The Morgan fingerprint density at radius 3 is 2.29 bits per heavy atom. The lowest BCUT2D eigenvalue weighted by Gasteiger charge is -2.09. The first-order chi connectivity index (χ1) is 6.09. The van der Waals surface area contributed by atoms with E-state index in [1.807, 2.05) is 38.1 Å². The lowest BCUT2D eigenvalue weighted by atomic mass is 9.97. The Kier molecular flexibility index (Phi) is 4.92. The van der Waals surface area contributed by atoms with Crippen molar-refractivity contribution in [3.05, 3.63) is 35.4 Å². The van der Waals surface area contributed by atoms with Crippen molar-refractivity contribution in [1.82, 2.24) is 0 Å². The van der Waals surface area contributed by atoms with Crippen molar-refractivity contribution in [3.63, 3.8) is 0 Å². The molecular formula is C12H19NO. The smallest absolute Gasteiger partial charge is 0.218 e. The molecule has 1 atom stereocenters. The van der Waals surface area contributed by atoms with Gasteiger partial charge in [-0.05, 0) is 18.4 Å². The van der Waals surface area contributed by atoms with Crippen LogP contribution in [0.15, 0.2) is 24.3 Å². The summed E-state index contributed by atoms with van der Waals surface area (Å²) in [4.78, 5) is 10.7. The summed E-state index contributed by atoms with van der Waals surface area (Å²) in [5.74, 6) is -0.0221. The van der Waals surface area contributed by atoms with Crippen LogP contribution in [0.5, 0.6) is 0 Å². The number of primary amides is 1. The van der Waals surface area contributed by atoms with Gasteiger partial charge in [-0.2, -0.15) is 0 Å². The van der Waals surface area contributed by atoms with E-state index >= 15 is 0 Å². The van der Waals surface area contributed by atoms with Crippen LogP contribution in [0, 0.1) is 6.92 Å². The molecule has 0 radical (unpaired) electrons. The van der Waals surface area contributed by atoms with Crippen molar-refractivity contribution in [3.8, 4) is 0 Å². The maximum absolute atomic E-state index is 10.7. The predicted molar refractivity (Wildman–Crippen MR) is 60.1 cm³/mol. The van der Waals surface area contributed by atoms with Gasteiger partial charge in [-0.1, -0.05) is 44.2 Å². The van der Waals surface area contributed by atoms with E-state index in [9.17, 15) is 4.79 Å². The zero-order valence-electron chi connectivity index (χ0n) is 8.08. The van der Waals surface area contributed by atoms with E-state index in [1.54, 1.807) is 0 Å². The monoisotopic (exact) mass is 193 g/mol. The molecule has 14 heavy (non-hydrogen) atoms. The Bertz CT molecular complexity index is 290. The summed E-state index contributed by atoms with van der Waals surface area (Å²) in [5, 5.41) is 0. The first-order valence-corrected chi connectivity index (χ1v) is 4.44. The molecule has 1 rings (SSSR count). The molecule has 0 heterocycles. The number of hydrogen-bond acceptors (Lipinski definition) is 1.